The quantitative estimate of drug-likeness (QED) is 0.641. The van der Waals surface area contributed by atoms with Crippen LogP contribution in [0.5, 0.6) is 0 Å². The molecule has 1 aliphatic rings. The van der Waals surface area contributed by atoms with E-state index in [-0.39, 0.29) is 5.91 Å². The molecule has 0 radical (unpaired) electrons. The standard InChI is InChI=1S/C16H30N2O3/c1-3-13-6-9-16(10-7-13,15(20)21)18-14(19)5-4-12(2)8-11-17/h12-13H,3-11,17H2,1-2H3,(H,18,19)(H,20,21). The van der Waals surface area contributed by atoms with Gasteiger partial charge in [0.05, 0.1) is 0 Å². The Bertz CT molecular complexity index is 349. The largest absolute Gasteiger partial charge is 0.480 e. The van der Waals surface area contributed by atoms with Crippen LogP contribution in [0.15, 0.2) is 0 Å². The normalized spacial score (nSPS) is 27.1. The number of carbonyl (C=O) groups excluding carboxylic acids is 1. The van der Waals surface area contributed by atoms with Gasteiger partial charge in [0.25, 0.3) is 0 Å². The molecule has 1 saturated carbocycles. The number of hydrogen-bond acceptors (Lipinski definition) is 3. The maximum Gasteiger partial charge on any atom is 0.329 e. The Balaban J connectivity index is 2.51. The molecule has 1 fully saturated rings. The Morgan fingerprint density at radius 3 is 2.43 bits per heavy atom. The molecule has 0 aromatic rings. The molecule has 0 aromatic carbocycles. The zero-order valence-corrected chi connectivity index (χ0v) is 13.4. The lowest BCUT2D eigenvalue weighted by Gasteiger charge is -2.37. The highest BCUT2D eigenvalue weighted by Gasteiger charge is 2.42. The smallest absolute Gasteiger partial charge is 0.329 e. The van der Waals surface area contributed by atoms with E-state index in [0.717, 1.165) is 32.1 Å². The summed E-state index contributed by atoms with van der Waals surface area (Å²) in [6.07, 6.45) is 5.98. The van der Waals surface area contributed by atoms with Gasteiger partial charge in [0.15, 0.2) is 0 Å². The second-order valence-electron chi connectivity index (χ2n) is 6.51. The summed E-state index contributed by atoms with van der Waals surface area (Å²) in [4.78, 5) is 23.7. The highest BCUT2D eigenvalue weighted by molar-refractivity contribution is 5.87. The Morgan fingerprint density at radius 1 is 1.33 bits per heavy atom. The number of nitrogens with one attached hydrogen (secondary N) is 1. The second kappa shape index (κ2) is 8.37. The van der Waals surface area contributed by atoms with E-state index in [2.05, 4.69) is 19.2 Å². The summed E-state index contributed by atoms with van der Waals surface area (Å²) in [7, 11) is 0. The van der Waals surface area contributed by atoms with Gasteiger partial charge in [-0.1, -0.05) is 20.3 Å². The molecule has 0 aromatic heterocycles. The molecule has 1 aliphatic carbocycles. The van der Waals surface area contributed by atoms with Crippen LogP contribution in [0.1, 0.15) is 65.2 Å². The molecule has 0 heterocycles. The van der Waals surface area contributed by atoms with Gasteiger partial charge in [-0.3, -0.25) is 4.79 Å². The maximum absolute atomic E-state index is 12.1. The van der Waals surface area contributed by atoms with Gasteiger partial charge < -0.3 is 16.2 Å². The van der Waals surface area contributed by atoms with Gasteiger partial charge in [0, 0.05) is 6.42 Å². The van der Waals surface area contributed by atoms with Gasteiger partial charge in [0.2, 0.25) is 5.91 Å². The van der Waals surface area contributed by atoms with Gasteiger partial charge in [-0.25, -0.2) is 4.79 Å². The Labute approximate surface area is 127 Å². The highest BCUT2D eigenvalue weighted by Crippen LogP contribution is 2.34. The molecule has 5 heteroatoms. The van der Waals surface area contributed by atoms with Gasteiger partial charge in [-0.05, 0) is 56.9 Å². The molecule has 0 spiro atoms. The zero-order chi connectivity index (χ0) is 15.9. The van der Waals surface area contributed by atoms with Crippen molar-refractivity contribution < 1.29 is 14.7 Å². The van der Waals surface area contributed by atoms with E-state index >= 15 is 0 Å². The third-order valence-electron chi connectivity index (χ3n) is 4.85. The van der Waals surface area contributed by atoms with Crippen molar-refractivity contribution in [2.24, 2.45) is 17.6 Å². The number of rotatable bonds is 8. The lowest BCUT2D eigenvalue weighted by atomic mass is 9.75. The first-order chi connectivity index (χ1) is 9.93. The van der Waals surface area contributed by atoms with E-state index in [1.807, 2.05) is 0 Å². The van der Waals surface area contributed by atoms with E-state index in [0.29, 0.717) is 37.6 Å². The molecule has 5 nitrogen and oxygen atoms in total. The third-order valence-corrected chi connectivity index (χ3v) is 4.85. The van der Waals surface area contributed by atoms with E-state index in [9.17, 15) is 14.7 Å². The van der Waals surface area contributed by atoms with Crippen LogP contribution in [0.2, 0.25) is 0 Å². The van der Waals surface area contributed by atoms with Crippen molar-refractivity contribution in [3.63, 3.8) is 0 Å². The summed E-state index contributed by atoms with van der Waals surface area (Å²) < 4.78 is 0. The summed E-state index contributed by atoms with van der Waals surface area (Å²) in [6.45, 7) is 4.83. The van der Waals surface area contributed by atoms with Gasteiger partial charge >= 0.3 is 5.97 Å². The number of carboxylic acid groups (broad SMARTS) is 1. The number of nitrogens with two attached hydrogens (primary N) is 1. The van der Waals surface area contributed by atoms with Crippen molar-refractivity contribution in [3.8, 4) is 0 Å². The molecule has 122 valence electrons. The number of hydrogen-bond donors (Lipinski definition) is 3. The molecule has 4 N–H and O–H groups in total. The fourth-order valence-corrected chi connectivity index (χ4v) is 3.11. The first-order valence-electron chi connectivity index (χ1n) is 8.18. The minimum absolute atomic E-state index is 0.142. The Hall–Kier alpha value is -1.10. The number of carbonyl (C=O) groups is 2. The molecule has 1 atom stereocenters. The predicted molar refractivity (Wildman–Crippen MR) is 82.8 cm³/mol. The molecule has 1 unspecified atom stereocenters. The maximum atomic E-state index is 12.1. The molecule has 0 saturated heterocycles. The lowest BCUT2D eigenvalue weighted by Crippen LogP contribution is -2.56. The molecule has 1 rings (SSSR count). The molecular formula is C16H30N2O3. The minimum Gasteiger partial charge on any atom is -0.480 e. The molecular weight excluding hydrogens is 268 g/mol. The zero-order valence-electron chi connectivity index (χ0n) is 13.4. The number of amides is 1. The average molecular weight is 298 g/mol. The molecule has 0 aliphatic heterocycles. The van der Waals surface area contributed by atoms with Crippen LogP contribution in [-0.4, -0.2) is 29.1 Å². The van der Waals surface area contributed by atoms with Crippen LogP contribution in [0.4, 0.5) is 0 Å². The Morgan fingerprint density at radius 2 is 1.95 bits per heavy atom. The molecule has 0 bridgehead atoms. The van der Waals surface area contributed by atoms with Crippen molar-refractivity contribution in [1.82, 2.24) is 5.32 Å². The molecule has 1 amide bonds. The van der Waals surface area contributed by atoms with Crippen molar-refractivity contribution in [3.05, 3.63) is 0 Å². The third kappa shape index (κ3) is 5.30. The van der Waals surface area contributed by atoms with Crippen LogP contribution < -0.4 is 11.1 Å². The van der Waals surface area contributed by atoms with Crippen LogP contribution >= 0.6 is 0 Å². The molecule has 21 heavy (non-hydrogen) atoms. The van der Waals surface area contributed by atoms with Crippen LogP contribution in [-0.2, 0) is 9.59 Å². The second-order valence-corrected chi connectivity index (χ2v) is 6.51. The van der Waals surface area contributed by atoms with Crippen molar-refractivity contribution >= 4 is 11.9 Å². The summed E-state index contributed by atoms with van der Waals surface area (Å²) in [6, 6.07) is 0. The minimum atomic E-state index is -1.04. The lowest BCUT2D eigenvalue weighted by molar-refractivity contribution is -0.149. The topological polar surface area (TPSA) is 92.4 Å². The SMILES string of the molecule is CCC1CCC(NC(=O)CCC(C)CCN)(C(=O)O)CC1. The first kappa shape index (κ1) is 18.0. The van der Waals surface area contributed by atoms with Gasteiger partial charge in [0.1, 0.15) is 5.54 Å². The van der Waals surface area contributed by atoms with E-state index in [1.54, 1.807) is 0 Å². The van der Waals surface area contributed by atoms with Crippen molar-refractivity contribution in [2.75, 3.05) is 6.54 Å². The van der Waals surface area contributed by atoms with E-state index < -0.39 is 11.5 Å². The van der Waals surface area contributed by atoms with E-state index in [4.69, 9.17) is 5.73 Å². The highest BCUT2D eigenvalue weighted by atomic mass is 16.4. The Kier molecular flexibility index (Phi) is 7.15. The van der Waals surface area contributed by atoms with Gasteiger partial charge in [-0.2, -0.15) is 0 Å². The van der Waals surface area contributed by atoms with Crippen LogP contribution in [0.25, 0.3) is 0 Å². The first-order valence-corrected chi connectivity index (χ1v) is 8.18. The predicted octanol–water partition coefficient (Wildman–Crippen LogP) is 2.29. The van der Waals surface area contributed by atoms with Crippen LogP contribution in [0.3, 0.4) is 0 Å². The summed E-state index contributed by atoms with van der Waals surface area (Å²) in [5.74, 6) is -0.0343. The number of aliphatic carboxylic acids is 1. The van der Waals surface area contributed by atoms with E-state index in [1.165, 1.54) is 0 Å². The number of carboxylic acids is 1. The fraction of sp³-hybridized carbons (Fsp3) is 0.875. The summed E-state index contributed by atoms with van der Waals surface area (Å²) in [5, 5.41) is 12.3. The van der Waals surface area contributed by atoms with Crippen molar-refractivity contribution in [1.29, 1.82) is 0 Å². The summed E-state index contributed by atoms with van der Waals surface area (Å²) >= 11 is 0. The van der Waals surface area contributed by atoms with Gasteiger partial charge in [-0.15, -0.1) is 0 Å². The van der Waals surface area contributed by atoms with Crippen molar-refractivity contribution in [2.45, 2.75) is 70.8 Å². The monoisotopic (exact) mass is 298 g/mol. The van der Waals surface area contributed by atoms with Crippen LogP contribution in [0, 0.1) is 11.8 Å². The fourth-order valence-electron chi connectivity index (χ4n) is 3.11. The average Bonchev–Trinajstić information content (AvgIpc) is 2.46. The summed E-state index contributed by atoms with van der Waals surface area (Å²) in [5.41, 5.74) is 4.45.